The number of aromatic nitrogens is 1. The molecule has 0 fully saturated rings. The number of aryl methyl sites for hydroxylation is 1. The summed E-state index contributed by atoms with van der Waals surface area (Å²) in [6.07, 6.45) is 0.636. The normalized spacial score (nSPS) is 13.8. The summed E-state index contributed by atoms with van der Waals surface area (Å²) in [7, 11) is 1.69. The van der Waals surface area contributed by atoms with Crippen molar-refractivity contribution in [1.82, 2.24) is 9.88 Å². The van der Waals surface area contributed by atoms with E-state index in [0.29, 0.717) is 23.0 Å². The van der Waals surface area contributed by atoms with Gasteiger partial charge in [0.1, 0.15) is 17.6 Å². The first-order chi connectivity index (χ1) is 10.3. The van der Waals surface area contributed by atoms with Crippen LogP contribution >= 0.6 is 0 Å². The lowest BCUT2D eigenvalue weighted by Gasteiger charge is -2.20. The molecule has 1 unspecified atom stereocenters. The molecule has 0 spiro atoms. The first-order valence-electron chi connectivity index (χ1n) is 7.13. The number of nitrogens with zero attached hydrogens (tertiary/aromatic N) is 1. The lowest BCUT2D eigenvalue weighted by atomic mass is 9.99. The van der Waals surface area contributed by atoms with Crippen molar-refractivity contribution in [1.29, 1.82) is 0 Å². The van der Waals surface area contributed by atoms with Crippen LogP contribution in [-0.2, 0) is 11.8 Å². The molecule has 6 heteroatoms. The van der Waals surface area contributed by atoms with E-state index in [-0.39, 0.29) is 11.7 Å². The zero-order chi connectivity index (χ0) is 16.4. The first-order valence-corrected chi connectivity index (χ1v) is 7.13. The fourth-order valence-electron chi connectivity index (χ4n) is 2.44. The molecule has 1 aromatic heterocycles. The Morgan fingerprint density at radius 3 is 2.64 bits per heavy atom. The van der Waals surface area contributed by atoms with Gasteiger partial charge in [0.15, 0.2) is 0 Å². The maximum atomic E-state index is 13.3. The Morgan fingerprint density at radius 1 is 1.36 bits per heavy atom. The molecule has 2 atom stereocenters. The van der Waals surface area contributed by atoms with Gasteiger partial charge in [-0.25, -0.2) is 9.18 Å². The molecule has 0 bridgehead atoms. The van der Waals surface area contributed by atoms with Gasteiger partial charge in [0.2, 0.25) is 0 Å². The number of carbonyl (C=O) groups is 2. The van der Waals surface area contributed by atoms with Crippen molar-refractivity contribution in [2.75, 3.05) is 0 Å². The molecule has 0 aliphatic heterocycles. The fraction of sp³-hybridized carbons (Fsp3) is 0.375. The first kappa shape index (κ1) is 16.0. The zero-order valence-corrected chi connectivity index (χ0v) is 12.8. The number of fused-ring (bicyclic) bond motifs is 1. The van der Waals surface area contributed by atoms with Crippen LogP contribution in [0.5, 0.6) is 0 Å². The van der Waals surface area contributed by atoms with E-state index in [1.165, 1.54) is 12.1 Å². The Balaban J connectivity index is 2.33. The summed E-state index contributed by atoms with van der Waals surface area (Å²) in [6, 6.07) is 4.86. The van der Waals surface area contributed by atoms with Crippen molar-refractivity contribution < 1.29 is 19.1 Å². The van der Waals surface area contributed by atoms with Crippen molar-refractivity contribution in [3.63, 3.8) is 0 Å². The van der Waals surface area contributed by atoms with Crippen LogP contribution in [-0.4, -0.2) is 27.6 Å². The van der Waals surface area contributed by atoms with E-state index in [4.69, 9.17) is 0 Å². The third-order valence-corrected chi connectivity index (χ3v) is 4.00. The van der Waals surface area contributed by atoms with Gasteiger partial charge in [-0.1, -0.05) is 20.3 Å². The van der Waals surface area contributed by atoms with Gasteiger partial charge in [-0.15, -0.1) is 0 Å². The van der Waals surface area contributed by atoms with Gasteiger partial charge in [0, 0.05) is 18.0 Å². The standard InChI is InChI=1S/C16H19FN2O3/c1-4-9(2)14(16(21)22)18-15(20)13-8-10-7-11(17)5-6-12(10)19(13)3/h5-9,14H,4H2,1-3H3,(H,18,20)(H,21,22)/t9?,14-/m0/s1. The molecule has 2 rings (SSSR count). The summed E-state index contributed by atoms with van der Waals surface area (Å²) in [4.78, 5) is 23.7. The molecular formula is C16H19FN2O3. The maximum Gasteiger partial charge on any atom is 0.326 e. The molecule has 22 heavy (non-hydrogen) atoms. The Bertz CT molecular complexity index is 723. The van der Waals surface area contributed by atoms with Crippen molar-refractivity contribution in [3.05, 3.63) is 35.8 Å². The van der Waals surface area contributed by atoms with E-state index in [1.807, 2.05) is 6.92 Å². The second-order valence-corrected chi connectivity index (χ2v) is 5.47. The smallest absolute Gasteiger partial charge is 0.326 e. The second kappa shape index (κ2) is 6.17. The molecule has 1 heterocycles. The molecule has 0 aliphatic rings. The minimum Gasteiger partial charge on any atom is -0.480 e. The van der Waals surface area contributed by atoms with Crippen LogP contribution in [0.4, 0.5) is 4.39 Å². The Morgan fingerprint density at radius 2 is 2.05 bits per heavy atom. The molecule has 1 amide bonds. The molecular weight excluding hydrogens is 287 g/mol. The minimum absolute atomic E-state index is 0.187. The number of aliphatic carboxylic acids is 1. The van der Waals surface area contributed by atoms with Crippen LogP contribution in [0.15, 0.2) is 24.3 Å². The van der Waals surface area contributed by atoms with Crippen LogP contribution < -0.4 is 5.32 Å². The quantitative estimate of drug-likeness (QED) is 0.891. The molecule has 2 N–H and O–H groups in total. The van der Waals surface area contributed by atoms with Gasteiger partial charge in [0.25, 0.3) is 5.91 Å². The number of halogens is 1. The molecule has 5 nitrogen and oxygen atoms in total. The molecule has 118 valence electrons. The summed E-state index contributed by atoms with van der Waals surface area (Å²) in [5, 5.41) is 12.4. The molecule has 1 aromatic carbocycles. The third kappa shape index (κ3) is 2.95. The largest absolute Gasteiger partial charge is 0.480 e. The van der Waals surface area contributed by atoms with Gasteiger partial charge >= 0.3 is 5.97 Å². The van der Waals surface area contributed by atoms with Crippen LogP contribution in [0.1, 0.15) is 30.8 Å². The minimum atomic E-state index is -1.06. The maximum absolute atomic E-state index is 13.3. The Hall–Kier alpha value is -2.37. The Kier molecular flexibility index (Phi) is 4.49. The predicted molar refractivity (Wildman–Crippen MR) is 81.2 cm³/mol. The van der Waals surface area contributed by atoms with E-state index in [2.05, 4.69) is 5.32 Å². The van der Waals surface area contributed by atoms with Gasteiger partial charge in [0.05, 0.1) is 0 Å². The second-order valence-electron chi connectivity index (χ2n) is 5.47. The van der Waals surface area contributed by atoms with Crippen molar-refractivity contribution >= 4 is 22.8 Å². The number of benzene rings is 1. The number of hydrogen-bond acceptors (Lipinski definition) is 2. The predicted octanol–water partition coefficient (Wildman–Crippen LogP) is 2.55. The number of hydrogen-bond donors (Lipinski definition) is 2. The third-order valence-electron chi connectivity index (χ3n) is 4.00. The molecule has 0 aliphatic carbocycles. The van der Waals surface area contributed by atoms with Crippen LogP contribution in [0.3, 0.4) is 0 Å². The lowest BCUT2D eigenvalue weighted by molar-refractivity contribution is -0.140. The molecule has 2 aromatic rings. The number of rotatable bonds is 5. The molecule has 0 saturated carbocycles. The number of carbonyl (C=O) groups excluding carboxylic acids is 1. The van der Waals surface area contributed by atoms with Gasteiger partial charge in [-0.2, -0.15) is 0 Å². The van der Waals surface area contributed by atoms with Gasteiger partial charge in [-0.05, 0) is 30.2 Å². The lowest BCUT2D eigenvalue weighted by Crippen LogP contribution is -2.45. The summed E-state index contributed by atoms with van der Waals surface area (Å²) in [5.74, 6) is -2.11. The van der Waals surface area contributed by atoms with Crippen molar-refractivity contribution in [2.24, 2.45) is 13.0 Å². The van der Waals surface area contributed by atoms with Gasteiger partial charge in [-0.3, -0.25) is 4.79 Å². The van der Waals surface area contributed by atoms with Gasteiger partial charge < -0.3 is 15.0 Å². The number of amides is 1. The highest BCUT2D eigenvalue weighted by Gasteiger charge is 2.26. The van der Waals surface area contributed by atoms with Crippen molar-refractivity contribution in [2.45, 2.75) is 26.3 Å². The highest BCUT2D eigenvalue weighted by Crippen LogP contribution is 2.20. The summed E-state index contributed by atoms with van der Waals surface area (Å²) in [5.41, 5.74) is 1.01. The number of carboxylic acid groups (broad SMARTS) is 1. The SMILES string of the molecule is CCC(C)[C@H](NC(=O)c1cc2cc(F)ccc2n1C)C(=O)O. The van der Waals surface area contributed by atoms with E-state index < -0.39 is 17.9 Å². The van der Waals surface area contributed by atoms with E-state index in [1.54, 1.807) is 30.7 Å². The molecule has 0 radical (unpaired) electrons. The summed E-state index contributed by atoms with van der Waals surface area (Å²) in [6.45, 7) is 3.64. The highest BCUT2D eigenvalue weighted by molar-refractivity contribution is 6.00. The van der Waals surface area contributed by atoms with Crippen LogP contribution in [0.2, 0.25) is 0 Å². The number of carboxylic acids is 1. The topological polar surface area (TPSA) is 71.3 Å². The average Bonchev–Trinajstić information content (AvgIpc) is 2.79. The van der Waals surface area contributed by atoms with E-state index in [0.717, 1.165) is 0 Å². The summed E-state index contributed by atoms with van der Waals surface area (Å²) >= 11 is 0. The van der Waals surface area contributed by atoms with Crippen LogP contribution in [0, 0.1) is 11.7 Å². The summed E-state index contributed by atoms with van der Waals surface area (Å²) < 4.78 is 14.9. The monoisotopic (exact) mass is 306 g/mol. The van der Waals surface area contributed by atoms with E-state index in [9.17, 15) is 19.1 Å². The molecule has 0 saturated heterocycles. The number of nitrogens with one attached hydrogen (secondary N) is 1. The van der Waals surface area contributed by atoms with E-state index >= 15 is 0 Å². The highest BCUT2D eigenvalue weighted by atomic mass is 19.1. The Labute approximate surface area is 127 Å². The van der Waals surface area contributed by atoms with Crippen LogP contribution in [0.25, 0.3) is 10.9 Å². The zero-order valence-electron chi connectivity index (χ0n) is 12.8. The average molecular weight is 306 g/mol. The van der Waals surface area contributed by atoms with Crippen molar-refractivity contribution in [3.8, 4) is 0 Å². The fourth-order valence-corrected chi connectivity index (χ4v) is 2.44.